The summed E-state index contributed by atoms with van der Waals surface area (Å²) in [5, 5.41) is 29.2. The highest BCUT2D eigenvalue weighted by Crippen LogP contribution is 2.18. The second-order valence-electron chi connectivity index (χ2n) is 3.74. The van der Waals surface area contributed by atoms with E-state index in [4.69, 9.17) is 0 Å². The fourth-order valence-electron chi connectivity index (χ4n) is 1.50. The summed E-state index contributed by atoms with van der Waals surface area (Å²) in [6, 6.07) is 2.28. The van der Waals surface area contributed by atoms with Crippen molar-refractivity contribution in [3.63, 3.8) is 0 Å². The molecule has 0 atom stereocenters. The Morgan fingerprint density at radius 2 is 2.05 bits per heavy atom. The minimum absolute atomic E-state index is 0.0159. The normalized spacial score (nSPS) is 10.4. The summed E-state index contributed by atoms with van der Waals surface area (Å²) in [6.45, 7) is -0.0159. The molecule has 0 bridgehead atoms. The molecule has 0 spiro atoms. The van der Waals surface area contributed by atoms with Crippen LogP contribution in [-0.4, -0.2) is 35.4 Å². The van der Waals surface area contributed by atoms with Gasteiger partial charge in [-0.05, 0) is 4.92 Å². The highest BCUT2D eigenvalue weighted by atomic mass is 16.7. The van der Waals surface area contributed by atoms with Crippen molar-refractivity contribution in [2.45, 2.75) is 13.0 Å². The maximum Gasteiger partial charge on any atom is 0.434 e. The molecule has 0 radical (unpaired) electrons. The fraction of sp³-hybridized carbons (Fsp3) is 0.200. The Morgan fingerprint density at radius 1 is 1.40 bits per heavy atom. The number of carbonyl (C=O) groups excluding carboxylic acids is 1. The van der Waals surface area contributed by atoms with Crippen LogP contribution >= 0.6 is 0 Å². The summed E-state index contributed by atoms with van der Waals surface area (Å²) < 4.78 is 1.72. The van der Waals surface area contributed by atoms with Gasteiger partial charge in [0.15, 0.2) is 0 Å². The van der Waals surface area contributed by atoms with E-state index in [9.17, 15) is 25.1 Å². The third kappa shape index (κ3) is 2.68. The minimum Gasteiger partial charge on any atom is -0.492 e. The molecule has 20 heavy (non-hydrogen) atoms. The number of nitro groups is 1. The summed E-state index contributed by atoms with van der Waals surface area (Å²) in [6.07, 6.45) is 2.40. The third-order valence-corrected chi connectivity index (χ3v) is 2.40. The minimum atomic E-state index is -0.783. The molecule has 2 N–H and O–H groups in total. The lowest BCUT2D eigenvalue weighted by Crippen LogP contribution is -2.20. The summed E-state index contributed by atoms with van der Waals surface area (Å²) in [5.74, 6) is -2.05. The molecule has 0 aliphatic rings. The Bertz CT molecular complexity index is 626. The maximum absolute atomic E-state index is 11.5. The molecule has 0 aliphatic carbocycles. The van der Waals surface area contributed by atoms with Gasteiger partial charge in [-0.2, -0.15) is 0 Å². The molecular formula is C10H10N4O6. The zero-order valence-electron chi connectivity index (χ0n) is 10.0. The zero-order chi connectivity index (χ0) is 14.7. The number of hydrogen-bond acceptors (Lipinski definition) is 7. The van der Waals surface area contributed by atoms with Gasteiger partial charge in [-0.3, -0.25) is 0 Å². The Kier molecular flexibility index (Phi) is 3.55. The van der Waals surface area contributed by atoms with Gasteiger partial charge in [-0.25, -0.2) is 9.36 Å². The number of imidazole rings is 1. The lowest BCUT2D eigenvalue weighted by Gasteiger charge is -2.06. The molecule has 2 aromatic rings. The van der Waals surface area contributed by atoms with Gasteiger partial charge in [0.05, 0.1) is 13.0 Å². The van der Waals surface area contributed by atoms with Crippen molar-refractivity contribution in [2.75, 3.05) is 0 Å². The van der Waals surface area contributed by atoms with E-state index >= 15 is 0 Å². The van der Waals surface area contributed by atoms with Crippen LogP contribution in [-0.2, 0) is 11.3 Å². The average Bonchev–Trinajstić information content (AvgIpc) is 2.98. The first-order valence-electron chi connectivity index (χ1n) is 5.45. The smallest absolute Gasteiger partial charge is 0.434 e. The second kappa shape index (κ2) is 5.30. The van der Waals surface area contributed by atoms with Gasteiger partial charge < -0.3 is 25.2 Å². The number of carbonyl (C=O) groups is 1. The first-order chi connectivity index (χ1) is 9.49. The number of aromatic nitrogens is 3. The predicted octanol–water partition coefficient (Wildman–Crippen LogP) is 0.0495. The number of nitrogens with zero attached hydrogens (tertiary/aromatic N) is 4. The van der Waals surface area contributed by atoms with E-state index in [0.717, 1.165) is 12.1 Å². The monoisotopic (exact) mass is 282 g/mol. The molecule has 2 heterocycles. The van der Waals surface area contributed by atoms with Gasteiger partial charge in [0, 0.05) is 12.1 Å². The van der Waals surface area contributed by atoms with Crippen molar-refractivity contribution < 1.29 is 24.8 Å². The SMILES string of the molecule is O=C(CCn1ccnc1[N+](=O)[O-])On1c(O)ccc1O. The van der Waals surface area contributed by atoms with Gasteiger partial charge in [0.2, 0.25) is 11.8 Å². The van der Waals surface area contributed by atoms with Gasteiger partial charge in [-0.1, -0.05) is 4.98 Å². The predicted molar refractivity (Wildman–Crippen MR) is 62.8 cm³/mol. The largest absolute Gasteiger partial charge is 0.492 e. The summed E-state index contributed by atoms with van der Waals surface area (Å²) >= 11 is 0. The Hall–Kier alpha value is -3.04. The van der Waals surface area contributed by atoms with Crippen LogP contribution < -0.4 is 4.84 Å². The molecule has 0 saturated carbocycles. The van der Waals surface area contributed by atoms with Crippen LogP contribution in [0.1, 0.15) is 6.42 Å². The summed E-state index contributed by atoms with van der Waals surface area (Å²) in [7, 11) is 0. The zero-order valence-corrected chi connectivity index (χ0v) is 10.0. The van der Waals surface area contributed by atoms with Crippen molar-refractivity contribution in [1.29, 1.82) is 0 Å². The highest BCUT2D eigenvalue weighted by molar-refractivity contribution is 5.69. The molecule has 10 nitrogen and oxygen atoms in total. The molecule has 106 valence electrons. The van der Waals surface area contributed by atoms with Crippen LogP contribution in [0, 0.1) is 10.1 Å². The highest BCUT2D eigenvalue weighted by Gasteiger charge is 2.17. The van der Waals surface area contributed by atoms with Crippen LogP contribution in [0.3, 0.4) is 0 Å². The van der Waals surface area contributed by atoms with Gasteiger partial charge >= 0.3 is 11.9 Å². The van der Waals surface area contributed by atoms with Crippen molar-refractivity contribution in [1.82, 2.24) is 14.3 Å². The number of aryl methyl sites for hydroxylation is 1. The number of aromatic hydroxyl groups is 2. The average molecular weight is 282 g/mol. The first kappa shape index (κ1) is 13.4. The van der Waals surface area contributed by atoms with E-state index in [1.54, 1.807) is 0 Å². The van der Waals surface area contributed by atoms with Crippen molar-refractivity contribution in [2.24, 2.45) is 0 Å². The van der Waals surface area contributed by atoms with Crippen LogP contribution in [0.2, 0.25) is 0 Å². The molecule has 0 aliphatic heterocycles. The molecule has 10 heteroatoms. The fourth-order valence-corrected chi connectivity index (χ4v) is 1.50. The summed E-state index contributed by atoms with van der Waals surface area (Å²) in [4.78, 5) is 29.7. The molecular weight excluding hydrogens is 272 g/mol. The van der Waals surface area contributed by atoms with E-state index in [-0.39, 0.29) is 18.9 Å². The molecule has 0 aromatic carbocycles. The molecule has 0 amide bonds. The van der Waals surface area contributed by atoms with E-state index in [1.807, 2.05) is 0 Å². The van der Waals surface area contributed by atoms with Gasteiger partial charge in [-0.15, -0.1) is 4.73 Å². The molecule has 2 rings (SSSR count). The van der Waals surface area contributed by atoms with Gasteiger partial charge in [0.1, 0.15) is 12.4 Å². The van der Waals surface area contributed by atoms with E-state index in [0.29, 0.717) is 4.73 Å². The van der Waals surface area contributed by atoms with Crippen molar-refractivity contribution in [3.8, 4) is 11.8 Å². The van der Waals surface area contributed by atoms with Crippen molar-refractivity contribution in [3.05, 3.63) is 34.6 Å². The van der Waals surface area contributed by atoms with E-state index in [2.05, 4.69) is 9.82 Å². The molecule has 2 aromatic heterocycles. The molecule has 0 unspecified atom stereocenters. The van der Waals surface area contributed by atoms with E-state index in [1.165, 1.54) is 17.0 Å². The van der Waals surface area contributed by atoms with Crippen molar-refractivity contribution >= 4 is 11.9 Å². The van der Waals surface area contributed by atoms with Crippen LogP contribution in [0.25, 0.3) is 0 Å². The maximum atomic E-state index is 11.5. The van der Waals surface area contributed by atoms with Crippen LogP contribution in [0.15, 0.2) is 24.5 Å². The van der Waals surface area contributed by atoms with Crippen LogP contribution in [0.5, 0.6) is 11.8 Å². The Morgan fingerprint density at radius 3 is 2.65 bits per heavy atom. The standard InChI is InChI=1S/C10H10N4O6/c15-7-1-2-8(16)13(7)20-9(17)3-5-12-6-4-11-10(12)14(18)19/h1-2,4,6,15-16H,3,5H2. The topological polar surface area (TPSA) is 133 Å². The summed E-state index contributed by atoms with van der Waals surface area (Å²) in [5.41, 5.74) is 0. The van der Waals surface area contributed by atoms with Crippen LogP contribution in [0.4, 0.5) is 5.95 Å². The number of hydrogen-bond donors (Lipinski definition) is 2. The Labute approximate surface area is 111 Å². The third-order valence-electron chi connectivity index (χ3n) is 2.40. The molecule has 0 fully saturated rings. The Balaban J connectivity index is 1.96. The molecule has 0 saturated heterocycles. The lowest BCUT2D eigenvalue weighted by molar-refractivity contribution is -0.396. The quantitative estimate of drug-likeness (QED) is 0.584. The van der Waals surface area contributed by atoms with Gasteiger partial charge in [0.25, 0.3) is 0 Å². The second-order valence-corrected chi connectivity index (χ2v) is 3.74. The number of rotatable bonds is 5. The van der Waals surface area contributed by atoms with E-state index < -0.39 is 22.7 Å². The first-order valence-corrected chi connectivity index (χ1v) is 5.45. The lowest BCUT2D eigenvalue weighted by atomic mass is 10.4.